The number of carbonyl (C=O) groups excluding carboxylic acids is 1. The Hall–Kier alpha value is -2.91. The molecular weight excluding hydrogens is 441 g/mol. The van der Waals surface area contributed by atoms with Crippen molar-refractivity contribution >= 4 is 29.0 Å². The average Bonchev–Trinajstić information content (AvgIpc) is 3.45. The van der Waals surface area contributed by atoms with Crippen molar-refractivity contribution in [3.05, 3.63) is 54.3 Å². The number of carbonyl (C=O) groups is 1. The zero-order chi connectivity index (χ0) is 23.4. The molecule has 1 aliphatic heterocycles. The summed E-state index contributed by atoms with van der Waals surface area (Å²) < 4.78 is 21.2. The van der Waals surface area contributed by atoms with Gasteiger partial charge in [-0.3, -0.25) is 9.36 Å². The van der Waals surface area contributed by atoms with E-state index in [9.17, 15) is 9.18 Å². The smallest absolute Gasteiger partial charge is 0.237 e. The minimum absolute atomic E-state index is 0.0684. The lowest BCUT2D eigenvalue weighted by Gasteiger charge is -2.17. The third-order valence-electron chi connectivity index (χ3n) is 5.53. The maximum absolute atomic E-state index is 13.4. The summed E-state index contributed by atoms with van der Waals surface area (Å²) in [6.45, 7) is 3.17. The van der Waals surface area contributed by atoms with E-state index in [4.69, 9.17) is 4.74 Å². The number of amides is 1. The zero-order valence-corrected chi connectivity index (χ0v) is 19.8. The largest absolute Gasteiger partial charge is 0.378 e. The van der Waals surface area contributed by atoms with Gasteiger partial charge in [-0.25, -0.2) is 4.39 Å². The lowest BCUT2D eigenvalue weighted by atomic mass is 10.2. The normalized spacial score (nSPS) is 16.5. The van der Waals surface area contributed by atoms with Crippen LogP contribution in [0, 0.1) is 5.82 Å². The highest BCUT2D eigenvalue weighted by Gasteiger charge is 2.24. The molecule has 174 valence electrons. The van der Waals surface area contributed by atoms with Crippen LogP contribution in [0.15, 0.2) is 53.7 Å². The molecule has 4 rings (SSSR count). The fourth-order valence-electron chi connectivity index (χ4n) is 3.64. The summed E-state index contributed by atoms with van der Waals surface area (Å²) in [5.41, 5.74) is 2.57. The number of thioether (sulfide) groups is 1. The molecule has 2 atom stereocenters. The second-order valence-electron chi connectivity index (χ2n) is 8.25. The van der Waals surface area contributed by atoms with E-state index in [0.717, 1.165) is 36.4 Å². The Balaban J connectivity index is 1.50. The van der Waals surface area contributed by atoms with E-state index in [-0.39, 0.29) is 17.8 Å². The lowest BCUT2D eigenvalue weighted by molar-refractivity contribution is -0.115. The number of hydrogen-bond donors (Lipinski definition) is 1. The SMILES string of the molecule is C[C@@H](Sc1nnc(-c2ccc(F)cc2)n1C[C@H]1CCCO1)C(=O)Nc1ccc(N(C)C)cc1. The summed E-state index contributed by atoms with van der Waals surface area (Å²) >= 11 is 1.35. The minimum Gasteiger partial charge on any atom is -0.378 e. The van der Waals surface area contributed by atoms with Gasteiger partial charge >= 0.3 is 0 Å². The Bertz CT molecular complexity index is 1080. The van der Waals surface area contributed by atoms with Crippen LogP contribution in [0.1, 0.15) is 19.8 Å². The van der Waals surface area contributed by atoms with E-state index in [2.05, 4.69) is 15.5 Å². The predicted molar refractivity (Wildman–Crippen MR) is 129 cm³/mol. The number of nitrogens with one attached hydrogen (secondary N) is 1. The van der Waals surface area contributed by atoms with Crippen LogP contribution in [-0.2, 0) is 16.1 Å². The number of rotatable bonds is 8. The molecule has 0 bridgehead atoms. The average molecular weight is 470 g/mol. The van der Waals surface area contributed by atoms with Crippen LogP contribution >= 0.6 is 11.8 Å². The van der Waals surface area contributed by atoms with Gasteiger partial charge < -0.3 is 15.0 Å². The van der Waals surface area contributed by atoms with Gasteiger partial charge in [0.15, 0.2) is 11.0 Å². The van der Waals surface area contributed by atoms with Crippen LogP contribution in [0.4, 0.5) is 15.8 Å². The van der Waals surface area contributed by atoms with Crippen molar-refractivity contribution in [3.8, 4) is 11.4 Å². The quantitative estimate of drug-likeness (QED) is 0.492. The molecule has 33 heavy (non-hydrogen) atoms. The fraction of sp³-hybridized carbons (Fsp3) is 0.375. The first kappa shape index (κ1) is 23.3. The molecule has 1 fully saturated rings. The van der Waals surface area contributed by atoms with Crippen molar-refractivity contribution in [1.29, 1.82) is 0 Å². The van der Waals surface area contributed by atoms with Gasteiger partial charge in [0.25, 0.3) is 0 Å². The number of ether oxygens (including phenoxy) is 1. The first-order valence-electron chi connectivity index (χ1n) is 11.0. The third kappa shape index (κ3) is 5.72. The van der Waals surface area contributed by atoms with E-state index >= 15 is 0 Å². The minimum atomic E-state index is -0.396. The number of benzene rings is 2. The van der Waals surface area contributed by atoms with Gasteiger partial charge in [0.05, 0.1) is 17.9 Å². The molecule has 2 heterocycles. The van der Waals surface area contributed by atoms with Crippen LogP contribution in [0.5, 0.6) is 0 Å². The van der Waals surface area contributed by atoms with Crippen molar-refractivity contribution in [2.24, 2.45) is 0 Å². The van der Waals surface area contributed by atoms with Gasteiger partial charge in [-0.05, 0) is 68.3 Å². The summed E-state index contributed by atoms with van der Waals surface area (Å²) in [5, 5.41) is 11.9. The molecule has 9 heteroatoms. The third-order valence-corrected chi connectivity index (χ3v) is 6.61. The first-order valence-corrected chi connectivity index (χ1v) is 11.8. The Morgan fingerprint density at radius 3 is 2.58 bits per heavy atom. The van der Waals surface area contributed by atoms with Gasteiger partial charge in [0.2, 0.25) is 5.91 Å². The Kier molecular flexibility index (Phi) is 7.29. The Morgan fingerprint density at radius 1 is 1.21 bits per heavy atom. The van der Waals surface area contributed by atoms with E-state index in [1.807, 2.05) is 54.8 Å². The second-order valence-corrected chi connectivity index (χ2v) is 9.56. The van der Waals surface area contributed by atoms with Gasteiger partial charge in [-0.15, -0.1) is 10.2 Å². The van der Waals surface area contributed by atoms with E-state index < -0.39 is 5.25 Å². The lowest BCUT2D eigenvalue weighted by Crippen LogP contribution is -2.23. The molecule has 0 aliphatic carbocycles. The highest BCUT2D eigenvalue weighted by molar-refractivity contribution is 8.00. The molecule has 3 aromatic rings. The summed E-state index contributed by atoms with van der Waals surface area (Å²) in [6, 6.07) is 13.9. The zero-order valence-electron chi connectivity index (χ0n) is 19.0. The number of nitrogens with zero attached hydrogens (tertiary/aromatic N) is 4. The molecular formula is C24H28FN5O2S. The molecule has 0 spiro atoms. The molecule has 7 nitrogen and oxygen atoms in total. The summed E-state index contributed by atoms with van der Waals surface area (Å²) in [6.07, 6.45) is 2.05. The maximum Gasteiger partial charge on any atom is 0.237 e. The number of hydrogen-bond acceptors (Lipinski definition) is 6. The molecule has 0 radical (unpaired) electrons. The molecule has 0 unspecified atom stereocenters. The van der Waals surface area contributed by atoms with Crippen LogP contribution in [0.2, 0.25) is 0 Å². The second kappa shape index (κ2) is 10.4. The highest BCUT2D eigenvalue weighted by Crippen LogP contribution is 2.29. The number of halogens is 1. The van der Waals surface area contributed by atoms with Crippen molar-refractivity contribution in [3.63, 3.8) is 0 Å². The molecule has 2 aromatic carbocycles. The Morgan fingerprint density at radius 2 is 1.94 bits per heavy atom. The summed E-state index contributed by atoms with van der Waals surface area (Å²) in [4.78, 5) is 14.8. The van der Waals surface area contributed by atoms with E-state index in [1.54, 1.807) is 12.1 Å². The fourth-order valence-corrected chi connectivity index (χ4v) is 4.50. The van der Waals surface area contributed by atoms with Crippen LogP contribution in [0.3, 0.4) is 0 Å². The number of anilines is 2. The van der Waals surface area contributed by atoms with Gasteiger partial charge in [-0.2, -0.15) is 0 Å². The molecule has 1 saturated heterocycles. The Labute approximate surface area is 197 Å². The van der Waals surface area contributed by atoms with Gasteiger partial charge in [-0.1, -0.05) is 11.8 Å². The monoisotopic (exact) mass is 469 g/mol. The molecule has 1 aromatic heterocycles. The standard InChI is InChI=1S/C24H28FN5O2S/c1-16(23(31)26-19-10-12-20(13-11-19)29(2)3)33-24-28-27-22(17-6-8-18(25)9-7-17)30(24)15-21-5-4-14-32-21/h6-13,16,21H,4-5,14-15H2,1-3H3,(H,26,31)/t16-,21-/m1/s1. The van der Waals surface area contributed by atoms with Gasteiger partial charge in [0.1, 0.15) is 5.82 Å². The first-order chi connectivity index (χ1) is 15.9. The van der Waals surface area contributed by atoms with Crippen molar-refractivity contribution < 1.29 is 13.9 Å². The molecule has 1 N–H and O–H groups in total. The van der Waals surface area contributed by atoms with Crippen molar-refractivity contribution in [2.75, 3.05) is 30.9 Å². The van der Waals surface area contributed by atoms with Crippen LogP contribution in [-0.4, -0.2) is 52.7 Å². The highest BCUT2D eigenvalue weighted by atomic mass is 32.2. The van der Waals surface area contributed by atoms with Crippen molar-refractivity contribution in [1.82, 2.24) is 14.8 Å². The molecule has 1 aliphatic rings. The van der Waals surface area contributed by atoms with Crippen LogP contribution in [0.25, 0.3) is 11.4 Å². The molecule has 1 amide bonds. The summed E-state index contributed by atoms with van der Waals surface area (Å²) in [5.74, 6) is 0.218. The summed E-state index contributed by atoms with van der Waals surface area (Å²) in [7, 11) is 3.94. The predicted octanol–water partition coefficient (Wildman–Crippen LogP) is 4.45. The van der Waals surface area contributed by atoms with Crippen molar-refractivity contribution in [2.45, 2.75) is 42.8 Å². The maximum atomic E-state index is 13.4. The molecule has 0 saturated carbocycles. The number of aromatic nitrogens is 3. The van der Waals surface area contributed by atoms with Gasteiger partial charge in [0, 0.05) is 37.6 Å². The van der Waals surface area contributed by atoms with Crippen LogP contribution < -0.4 is 10.2 Å². The topological polar surface area (TPSA) is 72.3 Å². The van der Waals surface area contributed by atoms with E-state index in [0.29, 0.717) is 17.5 Å². The van der Waals surface area contributed by atoms with E-state index in [1.165, 1.54) is 23.9 Å².